The van der Waals surface area contributed by atoms with E-state index in [1.54, 1.807) is 0 Å². The van der Waals surface area contributed by atoms with Crippen LogP contribution in [0.15, 0.2) is 9.79 Å². The SMILES string of the molecule is CCCn1c(C)c2c(c1C)SSSSS2. The van der Waals surface area contributed by atoms with E-state index < -0.39 is 0 Å². The molecular weight excluding hydrogens is 282 g/mol. The molecule has 15 heavy (non-hydrogen) atoms. The van der Waals surface area contributed by atoms with Gasteiger partial charge in [-0.15, -0.1) is 0 Å². The molecule has 0 amide bonds. The van der Waals surface area contributed by atoms with E-state index in [-0.39, 0.29) is 0 Å². The third-order valence-corrected chi connectivity index (χ3v) is 11.1. The minimum absolute atomic E-state index is 1.15. The molecule has 0 saturated heterocycles. The second-order valence-electron chi connectivity index (χ2n) is 3.35. The molecule has 0 aliphatic carbocycles. The van der Waals surface area contributed by atoms with Crippen LogP contribution in [0.25, 0.3) is 0 Å². The standard InChI is InChI=1S/C9H13NS5/c1-4-5-10-6(2)8-9(7(10)3)12-14-15-13-11-8/h4-5H2,1-3H3. The van der Waals surface area contributed by atoms with Crippen LogP contribution in [-0.2, 0) is 6.54 Å². The van der Waals surface area contributed by atoms with Crippen molar-refractivity contribution in [3.05, 3.63) is 11.4 Å². The van der Waals surface area contributed by atoms with Crippen LogP contribution in [0.4, 0.5) is 0 Å². The summed E-state index contributed by atoms with van der Waals surface area (Å²) in [7, 11) is 9.44. The van der Waals surface area contributed by atoms with Gasteiger partial charge >= 0.3 is 0 Å². The number of aromatic nitrogens is 1. The van der Waals surface area contributed by atoms with Gasteiger partial charge < -0.3 is 4.57 Å². The van der Waals surface area contributed by atoms with Gasteiger partial charge in [0.05, 0.1) is 9.79 Å². The van der Waals surface area contributed by atoms with Crippen molar-refractivity contribution < 1.29 is 0 Å². The summed E-state index contributed by atoms with van der Waals surface area (Å²) in [5.41, 5.74) is 2.88. The maximum absolute atomic E-state index is 2.46. The van der Waals surface area contributed by atoms with Crippen molar-refractivity contribution in [2.75, 3.05) is 0 Å². The maximum Gasteiger partial charge on any atom is 0.0545 e. The molecule has 0 saturated carbocycles. The van der Waals surface area contributed by atoms with Gasteiger partial charge in [-0.05, 0) is 71.3 Å². The van der Waals surface area contributed by atoms with Crippen molar-refractivity contribution in [1.29, 1.82) is 0 Å². The highest BCUT2D eigenvalue weighted by Crippen LogP contribution is 2.60. The average Bonchev–Trinajstić information content (AvgIpc) is 2.47. The van der Waals surface area contributed by atoms with Gasteiger partial charge in [-0.25, -0.2) is 0 Å². The Labute approximate surface area is 110 Å². The number of hydrogen-bond donors (Lipinski definition) is 0. The zero-order valence-corrected chi connectivity index (χ0v) is 13.0. The molecule has 1 aliphatic heterocycles. The highest BCUT2D eigenvalue weighted by molar-refractivity contribution is 9.36. The number of hydrogen-bond acceptors (Lipinski definition) is 5. The molecule has 2 heterocycles. The van der Waals surface area contributed by atoms with Gasteiger partial charge in [0.15, 0.2) is 0 Å². The fourth-order valence-electron chi connectivity index (χ4n) is 1.69. The zero-order chi connectivity index (χ0) is 10.8. The van der Waals surface area contributed by atoms with Crippen LogP contribution in [0.3, 0.4) is 0 Å². The summed E-state index contributed by atoms with van der Waals surface area (Å²) in [5, 5.41) is 0. The van der Waals surface area contributed by atoms with E-state index in [2.05, 4.69) is 25.3 Å². The summed E-state index contributed by atoms with van der Waals surface area (Å²) in [6.45, 7) is 7.88. The first-order valence-electron chi connectivity index (χ1n) is 4.80. The fourth-order valence-corrected chi connectivity index (χ4v) is 11.1. The first kappa shape index (κ1) is 12.5. The summed E-state index contributed by atoms with van der Waals surface area (Å²) in [5.74, 6) is 0. The lowest BCUT2D eigenvalue weighted by atomic mass is 10.4. The van der Waals surface area contributed by atoms with Crippen molar-refractivity contribution in [1.82, 2.24) is 4.57 Å². The van der Waals surface area contributed by atoms with Crippen LogP contribution < -0.4 is 0 Å². The summed E-state index contributed by atoms with van der Waals surface area (Å²) in [6, 6.07) is 0. The smallest absolute Gasteiger partial charge is 0.0545 e. The Morgan fingerprint density at radius 1 is 0.933 bits per heavy atom. The van der Waals surface area contributed by atoms with Crippen LogP contribution in [0.1, 0.15) is 24.7 Å². The Kier molecular flexibility index (Phi) is 4.64. The van der Waals surface area contributed by atoms with Crippen LogP contribution in [0.2, 0.25) is 0 Å². The van der Waals surface area contributed by atoms with Gasteiger partial charge in [0, 0.05) is 17.9 Å². The molecular formula is C9H13NS5. The van der Waals surface area contributed by atoms with Gasteiger partial charge in [0.25, 0.3) is 0 Å². The maximum atomic E-state index is 2.46. The molecule has 0 spiro atoms. The van der Waals surface area contributed by atoms with Gasteiger partial charge in [-0.1, -0.05) is 6.92 Å². The molecule has 1 aromatic rings. The highest BCUT2D eigenvalue weighted by Gasteiger charge is 2.21. The molecule has 0 aromatic carbocycles. The average molecular weight is 296 g/mol. The van der Waals surface area contributed by atoms with Gasteiger partial charge in [0.2, 0.25) is 0 Å². The minimum Gasteiger partial charge on any atom is -0.347 e. The van der Waals surface area contributed by atoms with Crippen molar-refractivity contribution in [2.24, 2.45) is 0 Å². The quantitative estimate of drug-likeness (QED) is 0.655. The van der Waals surface area contributed by atoms with Crippen LogP contribution >= 0.6 is 51.1 Å². The first-order chi connectivity index (χ1) is 7.25. The third kappa shape index (κ3) is 2.49. The van der Waals surface area contributed by atoms with Crippen LogP contribution in [0.5, 0.6) is 0 Å². The topological polar surface area (TPSA) is 4.93 Å². The molecule has 1 aromatic heterocycles. The minimum atomic E-state index is 1.15. The van der Waals surface area contributed by atoms with E-state index in [1.165, 1.54) is 27.6 Å². The second kappa shape index (κ2) is 5.58. The van der Waals surface area contributed by atoms with E-state index in [4.69, 9.17) is 0 Å². The van der Waals surface area contributed by atoms with E-state index in [0.29, 0.717) is 0 Å². The molecule has 0 fully saturated rings. The molecule has 6 heteroatoms. The number of rotatable bonds is 2. The molecule has 0 bridgehead atoms. The molecule has 1 aliphatic rings. The molecule has 0 radical (unpaired) electrons. The Balaban J connectivity index is 2.43. The predicted octanol–water partition coefficient (Wildman–Crippen LogP) is 5.57. The van der Waals surface area contributed by atoms with Crippen molar-refractivity contribution in [3.63, 3.8) is 0 Å². The molecule has 1 nitrogen and oxygen atoms in total. The molecule has 2 rings (SSSR count). The lowest BCUT2D eigenvalue weighted by molar-refractivity contribution is 0.643. The van der Waals surface area contributed by atoms with E-state index in [0.717, 1.165) is 6.54 Å². The molecule has 84 valence electrons. The van der Waals surface area contributed by atoms with E-state index >= 15 is 0 Å². The lowest BCUT2D eigenvalue weighted by Gasteiger charge is -2.07. The fraction of sp³-hybridized carbons (Fsp3) is 0.556. The van der Waals surface area contributed by atoms with Crippen molar-refractivity contribution in [2.45, 2.75) is 43.5 Å². The molecule has 0 N–H and O–H groups in total. The first-order valence-corrected chi connectivity index (χ1v) is 10.9. The Morgan fingerprint density at radius 2 is 1.47 bits per heavy atom. The number of nitrogens with zero attached hydrogens (tertiary/aromatic N) is 1. The monoisotopic (exact) mass is 295 g/mol. The van der Waals surface area contributed by atoms with Crippen LogP contribution in [-0.4, -0.2) is 4.57 Å². The summed E-state index contributed by atoms with van der Waals surface area (Å²) < 4.78 is 2.46. The Morgan fingerprint density at radius 3 is 1.93 bits per heavy atom. The summed E-state index contributed by atoms with van der Waals surface area (Å²) >= 11 is 0. The summed E-state index contributed by atoms with van der Waals surface area (Å²) in [4.78, 5) is 2.96. The normalized spacial score (nSPS) is 16.2. The second-order valence-corrected chi connectivity index (χ2v) is 10.8. The van der Waals surface area contributed by atoms with Gasteiger partial charge in [0.1, 0.15) is 0 Å². The number of fused-ring (bicyclic) bond motifs is 1. The largest absolute Gasteiger partial charge is 0.347 e. The molecule has 0 atom stereocenters. The molecule has 0 unspecified atom stereocenters. The van der Waals surface area contributed by atoms with Crippen molar-refractivity contribution in [3.8, 4) is 0 Å². The van der Waals surface area contributed by atoms with Crippen LogP contribution in [0, 0.1) is 13.8 Å². The van der Waals surface area contributed by atoms with Gasteiger partial charge in [-0.2, -0.15) is 0 Å². The highest BCUT2D eigenvalue weighted by atomic mass is 33.8. The lowest BCUT2D eigenvalue weighted by Crippen LogP contribution is -2.01. The Hall–Kier alpha value is 1.03. The predicted molar refractivity (Wildman–Crippen MR) is 78.7 cm³/mol. The van der Waals surface area contributed by atoms with E-state index in [9.17, 15) is 0 Å². The third-order valence-electron chi connectivity index (χ3n) is 2.41. The zero-order valence-electron chi connectivity index (χ0n) is 8.90. The van der Waals surface area contributed by atoms with E-state index in [1.807, 2.05) is 51.1 Å². The Bertz CT molecular complexity index is 330. The summed E-state index contributed by atoms with van der Waals surface area (Å²) in [6.07, 6.45) is 1.21. The van der Waals surface area contributed by atoms with Crippen molar-refractivity contribution >= 4 is 51.1 Å². The van der Waals surface area contributed by atoms with Gasteiger partial charge in [-0.3, -0.25) is 0 Å².